The number of rotatable bonds is 4. The Bertz CT molecular complexity index is 1170. The summed E-state index contributed by atoms with van der Waals surface area (Å²) in [7, 11) is 1.71. The molecule has 2 heterocycles. The van der Waals surface area contributed by atoms with Crippen molar-refractivity contribution in [1.82, 2.24) is 19.3 Å². The van der Waals surface area contributed by atoms with Gasteiger partial charge in [0.25, 0.3) is 5.56 Å². The van der Waals surface area contributed by atoms with E-state index in [1.54, 1.807) is 24.0 Å². The van der Waals surface area contributed by atoms with E-state index in [0.717, 1.165) is 11.1 Å². The van der Waals surface area contributed by atoms with E-state index < -0.39 is 0 Å². The van der Waals surface area contributed by atoms with Gasteiger partial charge in [0.05, 0.1) is 6.54 Å². The maximum atomic E-state index is 12.7. The Labute approximate surface area is 161 Å². The van der Waals surface area contributed by atoms with Crippen molar-refractivity contribution >= 4 is 34.8 Å². The van der Waals surface area contributed by atoms with Crippen molar-refractivity contribution in [3.8, 4) is 0 Å². The van der Waals surface area contributed by atoms with Crippen molar-refractivity contribution in [2.24, 2.45) is 7.05 Å². The van der Waals surface area contributed by atoms with Crippen molar-refractivity contribution in [1.29, 1.82) is 0 Å². The van der Waals surface area contributed by atoms with Gasteiger partial charge in [-0.1, -0.05) is 60.1 Å². The molecule has 0 amide bonds. The van der Waals surface area contributed by atoms with Crippen LogP contribution in [-0.4, -0.2) is 19.3 Å². The van der Waals surface area contributed by atoms with Crippen LogP contribution in [0.5, 0.6) is 0 Å². The highest BCUT2D eigenvalue weighted by Crippen LogP contribution is 2.13. The third kappa shape index (κ3) is 3.68. The summed E-state index contributed by atoms with van der Waals surface area (Å²) in [5.74, 6) is 0.549. The molecule has 4 rings (SSSR count). The lowest BCUT2D eigenvalue weighted by molar-refractivity contribution is 0.693. The molecule has 5 nitrogen and oxygen atoms in total. The molecule has 0 atom stereocenters. The van der Waals surface area contributed by atoms with Crippen molar-refractivity contribution in [3.05, 3.63) is 93.1 Å². The third-order valence-electron chi connectivity index (χ3n) is 4.32. The standard InChI is InChI=1S/C21H17ClN4O/c1-25-19(12-9-15-7-10-17(22)11-8-15)23-20-18(21(25)27)14-26(24-20)13-16-5-3-2-4-6-16/h2-12,14H,13H2,1H3/b12-9+. The summed E-state index contributed by atoms with van der Waals surface area (Å²) in [6.45, 7) is 0.594. The zero-order chi connectivity index (χ0) is 18.8. The Balaban J connectivity index is 1.69. The van der Waals surface area contributed by atoms with Gasteiger partial charge in [-0.05, 0) is 29.3 Å². The highest BCUT2D eigenvalue weighted by Gasteiger charge is 2.11. The van der Waals surface area contributed by atoms with Crippen molar-refractivity contribution in [2.75, 3.05) is 0 Å². The van der Waals surface area contributed by atoms with Crippen LogP contribution in [0, 0.1) is 0 Å². The minimum absolute atomic E-state index is 0.116. The molecule has 27 heavy (non-hydrogen) atoms. The summed E-state index contributed by atoms with van der Waals surface area (Å²) in [5.41, 5.74) is 2.42. The summed E-state index contributed by atoms with van der Waals surface area (Å²) in [6, 6.07) is 17.4. The molecule has 0 radical (unpaired) electrons. The van der Waals surface area contributed by atoms with Gasteiger partial charge >= 0.3 is 0 Å². The Morgan fingerprint density at radius 2 is 1.78 bits per heavy atom. The van der Waals surface area contributed by atoms with Gasteiger partial charge in [-0.15, -0.1) is 0 Å². The van der Waals surface area contributed by atoms with E-state index in [-0.39, 0.29) is 5.56 Å². The van der Waals surface area contributed by atoms with Gasteiger partial charge in [0.15, 0.2) is 5.65 Å². The number of nitrogens with zero attached hydrogens (tertiary/aromatic N) is 4. The van der Waals surface area contributed by atoms with Gasteiger partial charge in [-0.25, -0.2) is 4.98 Å². The van der Waals surface area contributed by atoms with Crippen LogP contribution in [-0.2, 0) is 13.6 Å². The summed E-state index contributed by atoms with van der Waals surface area (Å²) in [6.07, 6.45) is 5.45. The minimum Gasteiger partial charge on any atom is -0.296 e. The topological polar surface area (TPSA) is 52.7 Å². The summed E-state index contributed by atoms with van der Waals surface area (Å²) in [4.78, 5) is 17.2. The molecule has 2 aromatic carbocycles. The highest BCUT2D eigenvalue weighted by molar-refractivity contribution is 6.30. The fourth-order valence-electron chi connectivity index (χ4n) is 2.86. The molecule has 0 unspecified atom stereocenters. The first-order chi connectivity index (χ1) is 13.1. The number of hydrogen-bond donors (Lipinski definition) is 0. The molecule has 0 saturated heterocycles. The number of hydrogen-bond acceptors (Lipinski definition) is 3. The second-order valence-electron chi connectivity index (χ2n) is 6.27. The number of benzene rings is 2. The highest BCUT2D eigenvalue weighted by atomic mass is 35.5. The minimum atomic E-state index is -0.116. The van der Waals surface area contributed by atoms with E-state index in [2.05, 4.69) is 10.1 Å². The van der Waals surface area contributed by atoms with E-state index in [4.69, 9.17) is 11.6 Å². The van der Waals surface area contributed by atoms with Crippen LogP contribution in [0.4, 0.5) is 0 Å². The van der Waals surface area contributed by atoms with Gasteiger partial charge in [-0.3, -0.25) is 14.0 Å². The smallest absolute Gasteiger partial charge is 0.264 e. The van der Waals surface area contributed by atoms with Crippen LogP contribution in [0.15, 0.2) is 65.6 Å². The zero-order valence-electron chi connectivity index (χ0n) is 14.7. The predicted octanol–water partition coefficient (Wildman–Crippen LogP) is 4.00. The van der Waals surface area contributed by atoms with Crippen LogP contribution in [0.2, 0.25) is 5.02 Å². The van der Waals surface area contributed by atoms with E-state index in [1.807, 2.05) is 60.7 Å². The molecule has 0 spiro atoms. The van der Waals surface area contributed by atoms with E-state index in [9.17, 15) is 4.79 Å². The zero-order valence-corrected chi connectivity index (χ0v) is 15.5. The van der Waals surface area contributed by atoms with Crippen molar-refractivity contribution < 1.29 is 0 Å². The quantitative estimate of drug-likeness (QED) is 0.541. The monoisotopic (exact) mass is 376 g/mol. The van der Waals surface area contributed by atoms with Gasteiger partial charge in [0.1, 0.15) is 11.2 Å². The maximum Gasteiger partial charge on any atom is 0.264 e. The molecular weight excluding hydrogens is 360 g/mol. The Hall–Kier alpha value is -3.18. The van der Waals surface area contributed by atoms with Gasteiger partial charge in [0.2, 0.25) is 0 Å². The number of aromatic nitrogens is 4. The van der Waals surface area contributed by atoms with E-state index in [0.29, 0.717) is 28.4 Å². The van der Waals surface area contributed by atoms with Gasteiger partial charge in [-0.2, -0.15) is 5.10 Å². The van der Waals surface area contributed by atoms with Crippen molar-refractivity contribution in [3.63, 3.8) is 0 Å². The van der Waals surface area contributed by atoms with Crippen LogP contribution >= 0.6 is 11.6 Å². The van der Waals surface area contributed by atoms with E-state index in [1.165, 1.54) is 4.57 Å². The summed E-state index contributed by atoms with van der Waals surface area (Å²) in [5, 5.41) is 5.67. The SMILES string of the molecule is Cn1c(/C=C/c2ccc(Cl)cc2)nc2nn(Cc3ccccc3)cc2c1=O. The Morgan fingerprint density at radius 3 is 2.52 bits per heavy atom. The number of fused-ring (bicyclic) bond motifs is 1. The first kappa shape index (κ1) is 17.2. The molecule has 0 aliphatic heterocycles. The second kappa shape index (κ2) is 7.21. The average molecular weight is 377 g/mol. The molecule has 0 aliphatic rings. The molecule has 6 heteroatoms. The largest absolute Gasteiger partial charge is 0.296 e. The molecule has 0 aliphatic carbocycles. The van der Waals surface area contributed by atoms with Crippen LogP contribution in [0.3, 0.4) is 0 Å². The van der Waals surface area contributed by atoms with Gasteiger partial charge < -0.3 is 0 Å². The maximum absolute atomic E-state index is 12.7. The molecule has 0 saturated carbocycles. The Morgan fingerprint density at radius 1 is 1.04 bits per heavy atom. The fraction of sp³-hybridized carbons (Fsp3) is 0.0952. The molecule has 0 fully saturated rings. The van der Waals surface area contributed by atoms with Crippen molar-refractivity contribution in [2.45, 2.75) is 6.54 Å². The van der Waals surface area contributed by atoms with Gasteiger partial charge in [0, 0.05) is 18.3 Å². The predicted molar refractivity (Wildman–Crippen MR) is 109 cm³/mol. The first-order valence-corrected chi connectivity index (χ1v) is 8.90. The van der Waals surface area contributed by atoms with Crippen LogP contribution < -0.4 is 5.56 Å². The van der Waals surface area contributed by atoms with Crippen LogP contribution in [0.1, 0.15) is 17.0 Å². The number of halogens is 1. The third-order valence-corrected chi connectivity index (χ3v) is 4.58. The molecule has 4 aromatic rings. The molecular formula is C21H17ClN4O. The summed E-state index contributed by atoms with van der Waals surface area (Å²) < 4.78 is 3.28. The first-order valence-electron chi connectivity index (χ1n) is 8.52. The Kier molecular flexibility index (Phi) is 4.60. The second-order valence-corrected chi connectivity index (χ2v) is 6.71. The fourth-order valence-corrected chi connectivity index (χ4v) is 2.98. The molecule has 0 N–H and O–H groups in total. The normalized spacial score (nSPS) is 11.5. The lowest BCUT2D eigenvalue weighted by Crippen LogP contribution is -2.20. The lowest BCUT2D eigenvalue weighted by atomic mass is 10.2. The molecule has 134 valence electrons. The molecule has 2 aromatic heterocycles. The average Bonchev–Trinajstić information content (AvgIpc) is 3.08. The molecule has 0 bridgehead atoms. The van der Waals surface area contributed by atoms with E-state index >= 15 is 0 Å². The summed E-state index contributed by atoms with van der Waals surface area (Å²) >= 11 is 5.91. The van der Waals surface area contributed by atoms with Crippen LogP contribution in [0.25, 0.3) is 23.2 Å². The lowest BCUT2D eigenvalue weighted by Gasteiger charge is -2.02.